The molecule has 0 aromatic rings. The fraction of sp³-hybridized carbons (Fsp3) is 0.818. The molecule has 0 saturated carbocycles. The first-order valence-electron chi connectivity index (χ1n) is 5.26. The van der Waals surface area contributed by atoms with Crippen LogP contribution in [0.25, 0.3) is 0 Å². The maximum atomic E-state index is 6.03. The monoisotopic (exact) mass is 182 g/mol. The van der Waals surface area contributed by atoms with Gasteiger partial charge in [-0.3, -0.25) is 0 Å². The molecule has 0 bridgehead atoms. The van der Waals surface area contributed by atoms with Gasteiger partial charge in [-0.2, -0.15) is 0 Å². The van der Waals surface area contributed by atoms with Crippen LogP contribution in [-0.4, -0.2) is 19.1 Å². The second-order valence-corrected chi connectivity index (χ2v) is 4.44. The van der Waals surface area contributed by atoms with Gasteiger partial charge in [0, 0.05) is 6.04 Å². The Balaban J connectivity index is 2.15. The smallest absolute Gasteiger partial charge is 0.0253 e. The first kappa shape index (κ1) is 10.7. The molecule has 2 nitrogen and oxygen atoms in total. The molecule has 0 radical (unpaired) electrons. The van der Waals surface area contributed by atoms with Crippen LogP contribution in [0.5, 0.6) is 0 Å². The maximum absolute atomic E-state index is 6.03. The topological polar surface area (TPSA) is 38.0 Å². The van der Waals surface area contributed by atoms with Crippen molar-refractivity contribution in [3.63, 3.8) is 0 Å². The first-order valence-corrected chi connectivity index (χ1v) is 5.26. The van der Waals surface area contributed by atoms with Crippen molar-refractivity contribution in [1.29, 1.82) is 0 Å². The number of nitrogens with two attached hydrogens (primary N) is 1. The summed E-state index contributed by atoms with van der Waals surface area (Å²) >= 11 is 0. The molecule has 1 aliphatic heterocycles. The summed E-state index contributed by atoms with van der Waals surface area (Å²) in [5, 5.41) is 3.27. The lowest BCUT2D eigenvalue weighted by Gasteiger charge is -2.28. The molecule has 2 heteroatoms. The zero-order valence-electron chi connectivity index (χ0n) is 8.84. The van der Waals surface area contributed by atoms with Gasteiger partial charge in [-0.05, 0) is 37.8 Å². The van der Waals surface area contributed by atoms with Gasteiger partial charge in [0.15, 0.2) is 0 Å². The van der Waals surface area contributed by atoms with Gasteiger partial charge in [-0.25, -0.2) is 0 Å². The van der Waals surface area contributed by atoms with E-state index in [4.69, 9.17) is 5.73 Å². The maximum Gasteiger partial charge on any atom is 0.0253 e. The van der Waals surface area contributed by atoms with E-state index in [9.17, 15) is 0 Å². The van der Waals surface area contributed by atoms with E-state index in [2.05, 4.69) is 25.7 Å². The fourth-order valence-electron chi connectivity index (χ4n) is 1.58. The molecule has 1 unspecified atom stereocenters. The molecule has 13 heavy (non-hydrogen) atoms. The van der Waals surface area contributed by atoms with Gasteiger partial charge in [-0.1, -0.05) is 26.0 Å². The van der Waals surface area contributed by atoms with E-state index < -0.39 is 0 Å². The van der Waals surface area contributed by atoms with E-state index >= 15 is 0 Å². The van der Waals surface area contributed by atoms with Gasteiger partial charge in [0.25, 0.3) is 0 Å². The summed E-state index contributed by atoms with van der Waals surface area (Å²) in [5.41, 5.74) is 7.23. The largest absolute Gasteiger partial charge is 0.324 e. The normalized spacial score (nSPS) is 20.0. The Labute approximate surface area is 81.6 Å². The van der Waals surface area contributed by atoms with Crippen molar-refractivity contribution in [3.05, 3.63) is 12.2 Å². The predicted molar refractivity (Wildman–Crippen MR) is 57.5 cm³/mol. The Morgan fingerprint density at radius 3 is 2.54 bits per heavy atom. The second-order valence-electron chi connectivity index (χ2n) is 4.44. The van der Waals surface area contributed by atoms with Crippen LogP contribution in [0.4, 0.5) is 0 Å². The summed E-state index contributed by atoms with van der Waals surface area (Å²) in [6, 6.07) is 0.209. The molecule has 0 amide bonds. The number of hydrogen-bond donors (Lipinski definition) is 2. The Hall–Kier alpha value is -0.340. The molecule has 0 spiro atoms. The third-order valence-electron chi connectivity index (χ3n) is 2.97. The molecule has 1 aliphatic rings. The average Bonchev–Trinajstić information content (AvgIpc) is 1.99. The Kier molecular flexibility index (Phi) is 3.94. The van der Waals surface area contributed by atoms with Gasteiger partial charge < -0.3 is 11.1 Å². The van der Waals surface area contributed by atoms with E-state index in [0.29, 0.717) is 5.92 Å². The van der Waals surface area contributed by atoms with Crippen LogP contribution < -0.4 is 11.1 Å². The van der Waals surface area contributed by atoms with Crippen molar-refractivity contribution in [1.82, 2.24) is 5.32 Å². The van der Waals surface area contributed by atoms with E-state index in [1.54, 1.807) is 0 Å². The second kappa shape index (κ2) is 4.77. The van der Waals surface area contributed by atoms with E-state index in [0.717, 1.165) is 12.3 Å². The summed E-state index contributed by atoms with van der Waals surface area (Å²) in [6.45, 7) is 10.7. The number of hydrogen-bond acceptors (Lipinski definition) is 2. The lowest BCUT2D eigenvalue weighted by molar-refractivity contribution is 0.314. The van der Waals surface area contributed by atoms with Crippen molar-refractivity contribution >= 4 is 0 Å². The molecular weight excluding hydrogens is 160 g/mol. The van der Waals surface area contributed by atoms with Gasteiger partial charge in [-0.15, -0.1) is 0 Å². The molecule has 1 heterocycles. The molecule has 1 atom stereocenters. The van der Waals surface area contributed by atoms with Crippen molar-refractivity contribution in [2.45, 2.75) is 32.7 Å². The summed E-state index contributed by atoms with van der Waals surface area (Å²) in [7, 11) is 0. The zero-order chi connectivity index (χ0) is 9.84. The Morgan fingerprint density at radius 2 is 2.15 bits per heavy atom. The predicted octanol–water partition coefficient (Wildman–Crippen LogP) is 1.53. The Morgan fingerprint density at radius 1 is 1.54 bits per heavy atom. The standard InChI is InChI=1S/C11H22N2/c1-8(2)9(3)11(12)5-4-10-6-13-7-10/h8,10-11,13H,3-7,12H2,1-2H3. The highest BCUT2D eigenvalue weighted by molar-refractivity contribution is 5.06. The summed E-state index contributed by atoms with van der Waals surface area (Å²) in [5.74, 6) is 1.39. The van der Waals surface area contributed by atoms with E-state index in [1.165, 1.54) is 25.1 Å². The summed E-state index contributed by atoms with van der Waals surface area (Å²) in [6.07, 6.45) is 2.35. The molecule has 0 aromatic heterocycles. The molecule has 1 rings (SSSR count). The zero-order valence-corrected chi connectivity index (χ0v) is 8.84. The first-order chi connectivity index (χ1) is 6.11. The highest BCUT2D eigenvalue weighted by Crippen LogP contribution is 2.18. The molecule has 0 aliphatic carbocycles. The minimum Gasteiger partial charge on any atom is -0.324 e. The lowest BCUT2D eigenvalue weighted by atomic mass is 9.90. The van der Waals surface area contributed by atoms with Crippen LogP contribution in [0.1, 0.15) is 26.7 Å². The quantitative estimate of drug-likeness (QED) is 0.633. The van der Waals surface area contributed by atoms with Crippen LogP contribution >= 0.6 is 0 Å². The van der Waals surface area contributed by atoms with Crippen LogP contribution in [0.15, 0.2) is 12.2 Å². The Bertz CT molecular complexity index is 171. The third-order valence-corrected chi connectivity index (χ3v) is 2.97. The minimum absolute atomic E-state index is 0.209. The lowest BCUT2D eigenvalue weighted by Crippen LogP contribution is -2.42. The molecular formula is C11H22N2. The van der Waals surface area contributed by atoms with Gasteiger partial charge in [0.1, 0.15) is 0 Å². The molecule has 1 saturated heterocycles. The van der Waals surface area contributed by atoms with Crippen molar-refractivity contribution in [2.75, 3.05) is 13.1 Å². The van der Waals surface area contributed by atoms with Crippen LogP contribution in [-0.2, 0) is 0 Å². The SMILES string of the molecule is C=C(C(C)C)C(N)CCC1CNC1. The fourth-order valence-corrected chi connectivity index (χ4v) is 1.58. The minimum atomic E-state index is 0.209. The highest BCUT2D eigenvalue weighted by atomic mass is 14.9. The average molecular weight is 182 g/mol. The van der Waals surface area contributed by atoms with Crippen molar-refractivity contribution in [3.8, 4) is 0 Å². The van der Waals surface area contributed by atoms with E-state index in [-0.39, 0.29) is 6.04 Å². The van der Waals surface area contributed by atoms with Crippen molar-refractivity contribution in [2.24, 2.45) is 17.6 Å². The van der Waals surface area contributed by atoms with Crippen LogP contribution in [0.2, 0.25) is 0 Å². The third kappa shape index (κ3) is 3.12. The molecule has 0 aromatic carbocycles. The molecule has 3 N–H and O–H groups in total. The number of rotatable bonds is 5. The van der Waals surface area contributed by atoms with Crippen LogP contribution in [0, 0.1) is 11.8 Å². The molecule has 1 fully saturated rings. The summed E-state index contributed by atoms with van der Waals surface area (Å²) in [4.78, 5) is 0. The summed E-state index contributed by atoms with van der Waals surface area (Å²) < 4.78 is 0. The van der Waals surface area contributed by atoms with Gasteiger partial charge >= 0.3 is 0 Å². The van der Waals surface area contributed by atoms with Gasteiger partial charge in [0.2, 0.25) is 0 Å². The van der Waals surface area contributed by atoms with E-state index in [1.807, 2.05) is 0 Å². The van der Waals surface area contributed by atoms with Crippen molar-refractivity contribution < 1.29 is 0 Å². The van der Waals surface area contributed by atoms with Crippen LogP contribution in [0.3, 0.4) is 0 Å². The van der Waals surface area contributed by atoms with Gasteiger partial charge in [0.05, 0.1) is 0 Å². The highest BCUT2D eigenvalue weighted by Gasteiger charge is 2.18. The number of nitrogens with one attached hydrogen (secondary N) is 1. The molecule has 76 valence electrons.